The maximum atomic E-state index is 11.2. The van der Waals surface area contributed by atoms with Crippen molar-refractivity contribution in [2.45, 2.75) is 39.7 Å². The Morgan fingerprint density at radius 2 is 2.00 bits per heavy atom. The third-order valence-corrected chi connectivity index (χ3v) is 2.08. The fourth-order valence-electron chi connectivity index (χ4n) is 1.19. The Labute approximate surface area is 96.2 Å². The van der Waals surface area contributed by atoms with Gasteiger partial charge in [-0.2, -0.15) is 0 Å². The van der Waals surface area contributed by atoms with E-state index in [4.69, 9.17) is 9.84 Å². The molecule has 0 aliphatic rings. The zero-order valence-electron chi connectivity index (χ0n) is 10.2. The van der Waals surface area contributed by atoms with Gasteiger partial charge in [-0.15, -0.1) is 0 Å². The summed E-state index contributed by atoms with van der Waals surface area (Å²) < 4.78 is 5.10. The van der Waals surface area contributed by atoms with Crippen molar-refractivity contribution in [3.05, 3.63) is 0 Å². The van der Waals surface area contributed by atoms with Crippen molar-refractivity contribution in [1.29, 1.82) is 0 Å². The van der Waals surface area contributed by atoms with E-state index >= 15 is 0 Å². The first-order valence-electron chi connectivity index (χ1n) is 5.58. The molecule has 0 aromatic carbocycles. The summed E-state index contributed by atoms with van der Waals surface area (Å²) in [5.41, 5.74) is 0. The predicted molar refractivity (Wildman–Crippen MR) is 60.1 cm³/mol. The van der Waals surface area contributed by atoms with E-state index in [-0.39, 0.29) is 25.2 Å². The molecule has 0 aromatic rings. The van der Waals surface area contributed by atoms with Crippen LogP contribution in [0.4, 0.5) is 0 Å². The lowest BCUT2D eigenvalue weighted by Crippen LogP contribution is -2.35. The van der Waals surface area contributed by atoms with E-state index in [0.717, 1.165) is 6.42 Å². The molecular formula is C11H21NO4. The highest BCUT2D eigenvalue weighted by molar-refractivity contribution is 5.78. The van der Waals surface area contributed by atoms with Crippen LogP contribution in [0, 0.1) is 5.92 Å². The first-order chi connectivity index (χ1) is 7.47. The maximum Gasteiger partial charge on any atom is 0.308 e. The van der Waals surface area contributed by atoms with E-state index in [1.54, 1.807) is 0 Å². The molecule has 0 bridgehead atoms. The number of carboxylic acid groups (broad SMARTS) is 1. The van der Waals surface area contributed by atoms with Crippen LogP contribution < -0.4 is 5.32 Å². The van der Waals surface area contributed by atoms with Gasteiger partial charge in [0.05, 0.1) is 12.0 Å². The summed E-state index contributed by atoms with van der Waals surface area (Å²) in [6.45, 7) is 5.74. The number of carboxylic acids is 1. The number of hydrogen-bond acceptors (Lipinski definition) is 3. The summed E-state index contributed by atoms with van der Waals surface area (Å²) in [4.78, 5) is 22.0. The average Bonchev–Trinajstić information content (AvgIpc) is 2.20. The number of hydrogen-bond donors (Lipinski definition) is 2. The maximum absolute atomic E-state index is 11.2. The molecule has 0 saturated heterocycles. The topological polar surface area (TPSA) is 75.6 Å². The monoisotopic (exact) mass is 231 g/mol. The molecule has 1 atom stereocenters. The molecule has 0 saturated carbocycles. The summed E-state index contributed by atoms with van der Waals surface area (Å²) in [6, 6.07) is 0. The lowest BCUT2D eigenvalue weighted by atomic mass is 10.0. The van der Waals surface area contributed by atoms with Gasteiger partial charge in [0.15, 0.2) is 0 Å². The van der Waals surface area contributed by atoms with Crippen molar-refractivity contribution in [2.75, 3.05) is 13.2 Å². The van der Waals surface area contributed by atoms with Crippen LogP contribution >= 0.6 is 0 Å². The summed E-state index contributed by atoms with van der Waals surface area (Å²) in [7, 11) is 0. The van der Waals surface area contributed by atoms with Crippen LogP contribution in [0.2, 0.25) is 0 Å². The molecule has 1 amide bonds. The number of amides is 1. The van der Waals surface area contributed by atoms with E-state index in [9.17, 15) is 9.59 Å². The van der Waals surface area contributed by atoms with E-state index in [1.807, 2.05) is 20.8 Å². The van der Waals surface area contributed by atoms with Crippen molar-refractivity contribution in [1.82, 2.24) is 5.32 Å². The fourth-order valence-corrected chi connectivity index (χ4v) is 1.19. The molecular weight excluding hydrogens is 210 g/mol. The lowest BCUT2D eigenvalue weighted by molar-refractivity contribution is -0.142. The Morgan fingerprint density at radius 3 is 2.44 bits per heavy atom. The van der Waals surface area contributed by atoms with E-state index in [1.165, 1.54) is 0 Å². The van der Waals surface area contributed by atoms with Crippen molar-refractivity contribution >= 4 is 11.9 Å². The highest BCUT2D eigenvalue weighted by Crippen LogP contribution is 2.04. The molecule has 0 radical (unpaired) electrons. The smallest absolute Gasteiger partial charge is 0.308 e. The van der Waals surface area contributed by atoms with Crippen LogP contribution in [0.5, 0.6) is 0 Å². The number of carbonyl (C=O) groups excluding carboxylic acids is 1. The minimum atomic E-state index is -0.869. The van der Waals surface area contributed by atoms with Crippen LogP contribution in [0.1, 0.15) is 33.6 Å². The molecule has 5 heteroatoms. The van der Waals surface area contributed by atoms with Gasteiger partial charge in [0.25, 0.3) is 0 Å². The standard InChI is InChI=1S/C11H21NO4/c1-4-5-9(11(14)15)6-12-10(13)7-16-8(2)3/h8-9H,4-7H2,1-3H3,(H,12,13)(H,14,15). The largest absolute Gasteiger partial charge is 0.481 e. The van der Waals surface area contributed by atoms with Crippen LogP contribution in [-0.2, 0) is 14.3 Å². The van der Waals surface area contributed by atoms with Crippen LogP contribution in [0.3, 0.4) is 0 Å². The molecule has 0 aliphatic heterocycles. The third-order valence-electron chi connectivity index (χ3n) is 2.08. The lowest BCUT2D eigenvalue weighted by Gasteiger charge is -2.13. The van der Waals surface area contributed by atoms with Crippen LogP contribution in [0.25, 0.3) is 0 Å². The molecule has 16 heavy (non-hydrogen) atoms. The zero-order valence-corrected chi connectivity index (χ0v) is 10.2. The quantitative estimate of drug-likeness (QED) is 0.654. The summed E-state index contributed by atoms with van der Waals surface area (Å²) >= 11 is 0. The van der Waals surface area contributed by atoms with Gasteiger partial charge < -0.3 is 15.2 Å². The Balaban J connectivity index is 3.82. The molecule has 94 valence electrons. The number of rotatable bonds is 8. The molecule has 2 N–H and O–H groups in total. The number of aliphatic carboxylic acids is 1. The molecule has 5 nitrogen and oxygen atoms in total. The van der Waals surface area contributed by atoms with Crippen molar-refractivity contribution in [3.8, 4) is 0 Å². The SMILES string of the molecule is CCCC(CNC(=O)COC(C)C)C(=O)O. The third kappa shape index (κ3) is 7.23. The van der Waals surface area contributed by atoms with Crippen molar-refractivity contribution in [3.63, 3.8) is 0 Å². The summed E-state index contributed by atoms with van der Waals surface area (Å²) in [6.07, 6.45) is 1.35. The second-order valence-electron chi connectivity index (χ2n) is 3.99. The van der Waals surface area contributed by atoms with Crippen molar-refractivity contribution < 1.29 is 19.4 Å². The van der Waals surface area contributed by atoms with E-state index in [2.05, 4.69) is 5.32 Å². The first-order valence-corrected chi connectivity index (χ1v) is 5.58. The zero-order chi connectivity index (χ0) is 12.6. The van der Waals surface area contributed by atoms with Crippen molar-refractivity contribution in [2.24, 2.45) is 5.92 Å². The molecule has 0 heterocycles. The number of nitrogens with one attached hydrogen (secondary N) is 1. The Hall–Kier alpha value is -1.10. The van der Waals surface area contributed by atoms with Gasteiger partial charge in [-0.3, -0.25) is 9.59 Å². The normalized spacial score (nSPS) is 12.5. The highest BCUT2D eigenvalue weighted by Gasteiger charge is 2.17. The van der Waals surface area contributed by atoms with E-state index in [0.29, 0.717) is 6.42 Å². The molecule has 1 unspecified atom stereocenters. The Kier molecular flexibility index (Phi) is 7.54. The van der Waals surface area contributed by atoms with E-state index < -0.39 is 11.9 Å². The van der Waals surface area contributed by atoms with Crippen LogP contribution in [-0.4, -0.2) is 36.2 Å². The molecule has 0 rings (SSSR count). The van der Waals surface area contributed by atoms with Gasteiger partial charge >= 0.3 is 5.97 Å². The fraction of sp³-hybridized carbons (Fsp3) is 0.818. The van der Waals surface area contributed by atoms with Gasteiger partial charge in [0.1, 0.15) is 6.61 Å². The average molecular weight is 231 g/mol. The highest BCUT2D eigenvalue weighted by atomic mass is 16.5. The number of ether oxygens (including phenoxy) is 1. The molecule has 0 aliphatic carbocycles. The second kappa shape index (κ2) is 8.10. The second-order valence-corrected chi connectivity index (χ2v) is 3.99. The van der Waals surface area contributed by atoms with Gasteiger partial charge in [-0.25, -0.2) is 0 Å². The minimum Gasteiger partial charge on any atom is -0.481 e. The molecule has 0 spiro atoms. The van der Waals surface area contributed by atoms with Gasteiger partial charge in [0.2, 0.25) is 5.91 Å². The molecule has 0 aromatic heterocycles. The predicted octanol–water partition coefficient (Wildman–Crippen LogP) is 1.03. The van der Waals surface area contributed by atoms with Gasteiger partial charge in [-0.1, -0.05) is 13.3 Å². The summed E-state index contributed by atoms with van der Waals surface area (Å²) in [5, 5.41) is 11.4. The number of carbonyl (C=O) groups is 2. The van der Waals surface area contributed by atoms with Gasteiger partial charge in [-0.05, 0) is 20.3 Å². The van der Waals surface area contributed by atoms with Gasteiger partial charge in [0, 0.05) is 6.54 Å². The molecule has 0 fully saturated rings. The van der Waals surface area contributed by atoms with Crippen LogP contribution in [0.15, 0.2) is 0 Å². The Morgan fingerprint density at radius 1 is 1.38 bits per heavy atom. The Bertz CT molecular complexity index is 228. The first kappa shape index (κ1) is 14.9. The minimum absolute atomic E-state index is 0.00309. The summed E-state index contributed by atoms with van der Waals surface area (Å²) in [5.74, 6) is -1.64.